The second-order valence-corrected chi connectivity index (χ2v) is 5.60. The van der Waals surface area contributed by atoms with E-state index in [4.69, 9.17) is 5.11 Å². The smallest absolute Gasteiger partial charge is 0.304 e. The molecule has 5 heteroatoms. The number of carbonyl (C=O) groups is 2. The third-order valence-electron chi connectivity index (χ3n) is 2.75. The van der Waals surface area contributed by atoms with Gasteiger partial charge in [0.05, 0.1) is 11.7 Å². The molecule has 4 nitrogen and oxygen atoms in total. The molecule has 1 amide bonds. The van der Waals surface area contributed by atoms with Crippen LogP contribution in [0.25, 0.3) is 0 Å². The van der Waals surface area contributed by atoms with Crippen LogP contribution in [-0.4, -0.2) is 34.0 Å². The molecule has 92 valence electrons. The molecule has 0 aliphatic heterocycles. The second-order valence-electron chi connectivity index (χ2n) is 4.15. The third kappa shape index (κ3) is 4.88. The van der Waals surface area contributed by atoms with E-state index in [9.17, 15) is 9.59 Å². The lowest BCUT2D eigenvalue weighted by molar-refractivity contribution is -0.136. The fourth-order valence-corrected chi connectivity index (χ4v) is 2.65. The van der Waals surface area contributed by atoms with Gasteiger partial charge in [-0.1, -0.05) is 12.8 Å². The number of rotatable bonds is 6. The van der Waals surface area contributed by atoms with E-state index >= 15 is 0 Å². The lowest BCUT2D eigenvalue weighted by Crippen LogP contribution is -2.37. The van der Waals surface area contributed by atoms with Gasteiger partial charge in [0.2, 0.25) is 5.91 Å². The molecule has 0 saturated heterocycles. The molecule has 16 heavy (non-hydrogen) atoms. The topological polar surface area (TPSA) is 66.4 Å². The molecular formula is C11H19NO3S. The summed E-state index contributed by atoms with van der Waals surface area (Å²) in [7, 11) is 0. The normalized spacial score (nSPS) is 18.3. The van der Waals surface area contributed by atoms with Gasteiger partial charge < -0.3 is 10.4 Å². The summed E-state index contributed by atoms with van der Waals surface area (Å²) in [5.74, 6) is -0.271. The molecule has 1 atom stereocenters. The summed E-state index contributed by atoms with van der Waals surface area (Å²) in [4.78, 5) is 22.0. The van der Waals surface area contributed by atoms with Crippen LogP contribution >= 0.6 is 11.8 Å². The van der Waals surface area contributed by atoms with Crippen LogP contribution < -0.4 is 5.32 Å². The van der Waals surface area contributed by atoms with Gasteiger partial charge in [-0.05, 0) is 19.8 Å². The number of carboxylic acid groups (broad SMARTS) is 1. The van der Waals surface area contributed by atoms with Crippen molar-refractivity contribution >= 4 is 23.6 Å². The van der Waals surface area contributed by atoms with Crippen molar-refractivity contribution in [1.29, 1.82) is 0 Å². The highest BCUT2D eigenvalue weighted by molar-refractivity contribution is 8.00. The predicted molar refractivity (Wildman–Crippen MR) is 64.6 cm³/mol. The molecule has 0 aromatic rings. The molecule has 1 fully saturated rings. The van der Waals surface area contributed by atoms with E-state index in [-0.39, 0.29) is 17.6 Å². The van der Waals surface area contributed by atoms with Crippen molar-refractivity contribution in [2.45, 2.75) is 50.3 Å². The number of carboxylic acids is 1. The molecule has 2 N–H and O–H groups in total. The largest absolute Gasteiger partial charge is 0.481 e. The maximum absolute atomic E-state index is 11.7. The zero-order valence-electron chi connectivity index (χ0n) is 9.57. The van der Waals surface area contributed by atoms with Crippen LogP contribution in [0.4, 0.5) is 0 Å². The maximum Gasteiger partial charge on any atom is 0.304 e. The van der Waals surface area contributed by atoms with Gasteiger partial charge in [0.1, 0.15) is 0 Å². The Bertz CT molecular complexity index is 252. The van der Waals surface area contributed by atoms with Crippen LogP contribution in [0, 0.1) is 0 Å². The third-order valence-corrected chi connectivity index (χ3v) is 3.91. The van der Waals surface area contributed by atoms with E-state index in [0.29, 0.717) is 11.8 Å². The Labute approximate surface area is 100 Å². The van der Waals surface area contributed by atoms with Crippen molar-refractivity contribution in [1.82, 2.24) is 5.32 Å². The molecular weight excluding hydrogens is 226 g/mol. The molecule has 0 aromatic heterocycles. The summed E-state index contributed by atoms with van der Waals surface area (Å²) >= 11 is 1.40. The Balaban J connectivity index is 2.16. The lowest BCUT2D eigenvalue weighted by atomic mass is 10.2. The minimum absolute atomic E-state index is 0.0438. The van der Waals surface area contributed by atoms with Gasteiger partial charge in [-0.3, -0.25) is 9.59 Å². The highest BCUT2D eigenvalue weighted by Crippen LogP contribution is 2.19. The van der Waals surface area contributed by atoms with Crippen molar-refractivity contribution in [3.8, 4) is 0 Å². The first kappa shape index (κ1) is 13.4. The number of nitrogens with one attached hydrogen (secondary N) is 1. The Morgan fingerprint density at radius 3 is 2.62 bits per heavy atom. The Morgan fingerprint density at radius 1 is 1.44 bits per heavy atom. The first-order valence-corrected chi connectivity index (χ1v) is 6.78. The molecule has 1 aliphatic rings. The number of thioether (sulfide) groups is 1. The summed E-state index contributed by atoms with van der Waals surface area (Å²) in [6, 6.07) is 0.343. The van der Waals surface area contributed by atoms with Gasteiger partial charge in [-0.25, -0.2) is 0 Å². The van der Waals surface area contributed by atoms with Gasteiger partial charge in [-0.15, -0.1) is 11.8 Å². The molecule has 1 saturated carbocycles. The van der Waals surface area contributed by atoms with Gasteiger partial charge in [0.15, 0.2) is 0 Å². The minimum Gasteiger partial charge on any atom is -0.481 e. The maximum atomic E-state index is 11.7. The summed E-state index contributed by atoms with van der Waals surface area (Å²) < 4.78 is 0. The summed E-state index contributed by atoms with van der Waals surface area (Å²) in [6.07, 6.45) is 4.68. The van der Waals surface area contributed by atoms with E-state index < -0.39 is 5.97 Å². The molecule has 0 aromatic carbocycles. The monoisotopic (exact) mass is 245 g/mol. The van der Waals surface area contributed by atoms with Gasteiger partial charge in [0.25, 0.3) is 0 Å². The van der Waals surface area contributed by atoms with Crippen LogP contribution in [0.5, 0.6) is 0 Å². The Hall–Kier alpha value is -0.710. The Morgan fingerprint density at radius 2 is 2.06 bits per heavy atom. The predicted octanol–water partition coefficient (Wildman–Crippen LogP) is 1.64. The number of aliphatic carboxylic acids is 1. The average molecular weight is 245 g/mol. The van der Waals surface area contributed by atoms with Crippen molar-refractivity contribution < 1.29 is 14.7 Å². The SMILES string of the molecule is CC(SCCC(=O)O)C(=O)NC1CCCC1. The summed E-state index contributed by atoms with van der Waals surface area (Å²) in [6.45, 7) is 1.83. The second kappa shape index (κ2) is 6.78. The number of carbonyl (C=O) groups excluding carboxylic acids is 1. The minimum atomic E-state index is -0.809. The van der Waals surface area contributed by atoms with Crippen molar-refractivity contribution in [2.75, 3.05) is 5.75 Å². The molecule has 1 aliphatic carbocycles. The molecule has 1 rings (SSSR count). The van der Waals surface area contributed by atoms with E-state index in [1.165, 1.54) is 24.6 Å². The molecule has 0 bridgehead atoms. The Kier molecular flexibility index (Phi) is 5.66. The first-order valence-electron chi connectivity index (χ1n) is 5.73. The zero-order chi connectivity index (χ0) is 12.0. The molecule has 0 radical (unpaired) electrons. The van der Waals surface area contributed by atoms with Gasteiger partial charge in [0, 0.05) is 11.8 Å². The lowest BCUT2D eigenvalue weighted by Gasteiger charge is -2.15. The fraction of sp³-hybridized carbons (Fsp3) is 0.818. The van der Waals surface area contributed by atoms with Crippen LogP contribution in [0.1, 0.15) is 39.0 Å². The number of amides is 1. The van der Waals surface area contributed by atoms with Gasteiger partial charge in [-0.2, -0.15) is 0 Å². The first-order chi connectivity index (χ1) is 7.59. The quantitative estimate of drug-likeness (QED) is 0.746. The summed E-state index contributed by atoms with van der Waals surface area (Å²) in [5, 5.41) is 11.3. The van der Waals surface area contributed by atoms with Crippen LogP contribution in [-0.2, 0) is 9.59 Å². The van der Waals surface area contributed by atoms with Crippen molar-refractivity contribution in [3.05, 3.63) is 0 Å². The molecule has 0 heterocycles. The van der Waals surface area contributed by atoms with Crippen LogP contribution in [0.15, 0.2) is 0 Å². The van der Waals surface area contributed by atoms with Gasteiger partial charge >= 0.3 is 5.97 Å². The highest BCUT2D eigenvalue weighted by atomic mass is 32.2. The fourth-order valence-electron chi connectivity index (χ4n) is 1.79. The number of hydrogen-bond donors (Lipinski definition) is 2. The van der Waals surface area contributed by atoms with Crippen LogP contribution in [0.3, 0.4) is 0 Å². The molecule has 1 unspecified atom stereocenters. The van der Waals surface area contributed by atoms with E-state index in [2.05, 4.69) is 5.32 Å². The molecule has 0 spiro atoms. The highest BCUT2D eigenvalue weighted by Gasteiger charge is 2.20. The number of hydrogen-bond acceptors (Lipinski definition) is 3. The standard InChI is InChI=1S/C11H19NO3S/c1-8(16-7-6-10(13)14)11(15)12-9-4-2-3-5-9/h8-9H,2-7H2,1H3,(H,12,15)(H,13,14). The zero-order valence-corrected chi connectivity index (χ0v) is 10.4. The van der Waals surface area contributed by atoms with Crippen molar-refractivity contribution in [3.63, 3.8) is 0 Å². The average Bonchev–Trinajstić information content (AvgIpc) is 2.69. The van der Waals surface area contributed by atoms with E-state index in [0.717, 1.165) is 12.8 Å². The van der Waals surface area contributed by atoms with Crippen LogP contribution in [0.2, 0.25) is 0 Å². The summed E-state index contributed by atoms with van der Waals surface area (Å²) in [5.41, 5.74) is 0. The van der Waals surface area contributed by atoms with Crippen molar-refractivity contribution in [2.24, 2.45) is 0 Å². The van der Waals surface area contributed by atoms with E-state index in [1.54, 1.807) is 0 Å². The van der Waals surface area contributed by atoms with E-state index in [1.807, 2.05) is 6.92 Å².